The number of likely N-dealkylation sites (N-methyl/N-ethyl adjacent to an activating group) is 1. The molecule has 2 aromatic rings. The molecule has 0 radical (unpaired) electrons. The van der Waals surface area contributed by atoms with Crippen molar-refractivity contribution >= 4 is 23.4 Å². The monoisotopic (exact) mass is 418 g/mol. The molecule has 0 fully saturated rings. The lowest BCUT2D eigenvalue weighted by molar-refractivity contribution is -0.142. The topological polar surface area (TPSA) is 67.9 Å². The highest BCUT2D eigenvalue weighted by molar-refractivity contribution is 6.31. The second-order valence-electron chi connectivity index (χ2n) is 6.40. The van der Waals surface area contributed by atoms with Crippen molar-refractivity contribution in [2.75, 3.05) is 20.3 Å². The fraction of sp³-hybridized carbons (Fsp3) is 0.364. The predicted octanol–water partition coefficient (Wildman–Crippen LogP) is 3.67. The summed E-state index contributed by atoms with van der Waals surface area (Å²) in [5, 5.41) is 3.35. The van der Waals surface area contributed by atoms with Gasteiger partial charge in [0.25, 0.3) is 5.91 Å². The second kappa shape index (κ2) is 11.3. The van der Waals surface area contributed by atoms with Crippen LogP contribution in [-0.2, 0) is 16.1 Å². The summed E-state index contributed by atoms with van der Waals surface area (Å²) in [6, 6.07) is 13.6. The number of methoxy groups -OCH3 is 1. The Bertz CT molecular complexity index is 811. The van der Waals surface area contributed by atoms with Gasteiger partial charge in [0.15, 0.2) is 6.61 Å². The summed E-state index contributed by atoms with van der Waals surface area (Å²) in [5.74, 6) is 0.757. The van der Waals surface area contributed by atoms with E-state index in [1.54, 1.807) is 37.4 Å². The van der Waals surface area contributed by atoms with Crippen LogP contribution in [0, 0.1) is 0 Å². The van der Waals surface area contributed by atoms with Gasteiger partial charge in [-0.1, -0.05) is 36.7 Å². The van der Waals surface area contributed by atoms with Gasteiger partial charge in [0, 0.05) is 18.1 Å². The summed E-state index contributed by atoms with van der Waals surface area (Å²) >= 11 is 6.28. The first-order chi connectivity index (χ1) is 14.0. The third-order valence-corrected chi connectivity index (χ3v) is 4.83. The van der Waals surface area contributed by atoms with Gasteiger partial charge in [-0.3, -0.25) is 9.59 Å². The molecule has 0 saturated carbocycles. The van der Waals surface area contributed by atoms with Crippen molar-refractivity contribution in [3.8, 4) is 11.5 Å². The van der Waals surface area contributed by atoms with Crippen molar-refractivity contribution in [3.05, 3.63) is 59.1 Å². The summed E-state index contributed by atoms with van der Waals surface area (Å²) < 4.78 is 10.8. The van der Waals surface area contributed by atoms with Crippen LogP contribution in [0.25, 0.3) is 0 Å². The Kier molecular flexibility index (Phi) is 8.80. The highest BCUT2D eigenvalue weighted by Crippen LogP contribution is 2.21. The molecular formula is C22H27ClN2O4. The lowest BCUT2D eigenvalue weighted by atomic mass is 10.1. The van der Waals surface area contributed by atoms with Crippen LogP contribution >= 0.6 is 11.6 Å². The van der Waals surface area contributed by atoms with E-state index in [0.717, 1.165) is 5.56 Å². The number of hydrogen-bond acceptors (Lipinski definition) is 4. The van der Waals surface area contributed by atoms with Crippen LogP contribution in [-0.4, -0.2) is 43.0 Å². The molecule has 0 heterocycles. The van der Waals surface area contributed by atoms with E-state index >= 15 is 0 Å². The van der Waals surface area contributed by atoms with Gasteiger partial charge < -0.3 is 19.7 Å². The average molecular weight is 419 g/mol. The summed E-state index contributed by atoms with van der Waals surface area (Å²) in [5.41, 5.74) is 0.773. The Morgan fingerprint density at radius 2 is 1.72 bits per heavy atom. The molecule has 6 nitrogen and oxygen atoms in total. The van der Waals surface area contributed by atoms with Gasteiger partial charge in [0.05, 0.1) is 7.11 Å². The van der Waals surface area contributed by atoms with Crippen LogP contribution in [0.3, 0.4) is 0 Å². The molecule has 2 amide bonds. The summed E-state index contributed by atoms with van der Waals surface area (Å²) in [4.78, 5) is 27.1. The Morgan fingerprint density at radius 1 is 1.07 bits per heavy atom. The number of hydrogen-bond donors (Lipinski definition) is 1. The van der Waals surface area contributed by atoms with E-state index in [2.05, 4.69) is 5.32 Å². The summed E-state index contributed by atoms with van der Waals surface area (Å²) in [6.07, 6.45) is 0.477. The minimum absolute atomic E-state index is 0.188. The number of halogens is 1. The smallest absolute Gasteiger partial charge is 0.261 e. The van der Waals surface area contributed by atoms with Crippen molar-refractivity contribution in [3.63, 3.8) is 0 Å². The molecule has 0 saturated heterocycles. The third kappa shape index (κ3) is 6.39. The normalized spacial score (nSPS) is 11.4. The van der Waals surface area contributed by atoms with Crippen molar-refractivity contribution in [1.29, 1.82) is 0 Å². The number of nitrogens with one attached hydrogen (secondary N) is 1. The first-order valence-electron chi connectivity index (χ1n) is 9.57. The maximum Gasteiger partial charge on any atom is 0.261 e. The van der Waals surface area contributed by atoms with Crippen LogP contribution in [0.5, 0.6) is 11.5 Å². The lowest BCUT2D eigenvalue weighted by Crippen LogP contribution is -2.50. The maximum absolute atomic E-state index is 13.0. The number of amides is 2. The Balaban J connectivity index is 2.18. The zero-order chi connectivity index (χ0) is 21.2. The SMILES string of the molecule is CCNC(=O)[C@H](CC)N(Cc1ccccc1Cl)C(=O)COc1ccc(OC)cc1. The van der Waals surface area contributed by atoms with Crippen LogP contribution in [0.1, 0.15) is 25.8 Å². The second-order valence-corrected chi connectivity index (χ2v) is 6.80. The molecule has 0 aliphatic heterocycles. The standard InChI is InChI=1S/C22H27ClN2O4/c1-4-20(22(27)24-5-2)25(14-16-8-6-7-9-19(16)23)21(26)15-29-18-12-10-17(28-3)11-13-18/h6-13,20H,4-5,14-15H2,1-3H3,(H,24,27)/t20-/m0/s1. The minimum atomic E-state index is -0.613. The summed E-state index contributed by atoms with van der Waals surface area (Å²) in [7, 11) is 1.58. The maximum atomic E-state index is 13.0. The first kappa shape index (κ1) is 22.6. The van der Waals surface area contributed by atoms with Gasteiger partial charge in [0.2, 0.25) is 5.91 Å². The molecule has 7 heteroatoms. The van der Waals surface area contributed by atoms with Gasteiger partial charge in [-0.05, 0) is 49.2 Å². The van der Waals surface area contributed by atoms with E-state index in [-0.39, 0.29) is 25.0 Å². The van der Waals surface area contributed by atoms with E-state index in [4.69, 9.17) is 21.1 Å². The fourth-order valence-corrected chi connectivity index (χ4v) is 3.12. The number of nitrogens with zero attached hydrogens (tertiary/aromatic N) is 1. The van der Waals surface area contributed by atoms with E-state index in [0.29, 0.717) is 29.5 Å². The number of benzene rings is 2. The zero-order valence-corrected chi connectivity index (χ0v) is 17.7. The molecule has 29 heavy (non-hydrogen) atoms. The number of rotatable bonds is 10. The van der Waals surface area contributed by atoms with E-state index < -0.39 is 6.04 Å². The highest BCUT2D eigenvalue weighted by atomic mass is 35.5. The molecule has 2 aromatic carbocycles. The first-order valence-corrected chi connectivity index (χ1v) is 9.95. The molecule has 1 atom stereocenters. The molecule has 156 valence electrons. The minimum Gasteiger partial charge on any atom is -0.497 e. The Labute approximate surface area is 176 Å². The van der Waals surface area contributed by atoms with E-state index in [1.807, 2.05) is 32.0 Å². The van der Waals surface area contributed by atoms with Gasteiger partial charge in [-0.15, -0.1) is 0 Å². The van der Waals surface area contributed by atoms with Crippen LogP contribution < -0.4 is 14.8 Å². The molecule has 0 aliphatic carbocycles. The van der Waals surface area contributed by atoms with Crippen LogP contribution in [0.4, 0.5) is 0 Å². The molecule has 1 N–H and O–H groups in total. The van der Waals surface area contributed by atoms with Crippen molar-refractivity contribution in [2.45, 2.75) is 32.9 Å². The number of carbonyl (C=O) groups is 2. The third-order valence-electron chi connectivity index (χ3n) is 4.46. The fourth-order valence-electron chi connectivity index (χ4n) is 2.92. The Morgan fingerprint density at radius 3 is 2.31 bits per heavy atom. The van der Waals surface area contributed by atoms with Crippen molar-refractivity contribution in [2.24, 2.45) is 0 Å². The van der Waals surface area contributed by atoms with Gasteiger partial charge in [-0.25, -0.2) is 0 Å². The van der Waals surface area contributed by atoms with E-state index in [9.17, 15) is 9.59 Å². The lowest BCUT2D eigenvalue weighted by Gasteiger charge is -2.30. The zero-order valence-electron chi connectivity index (χ0n) is 17.0. The molecule has 0 unspecified atom stereocenters. The number of ether oxygens (including phenoxy) is 2. The molecule has 0 aromatic heterocycles. The van der Waals surface area contributed by atoms with Gasteiger partial charge in [-0.2, -0.15) is 0 Å². The predicted molar refractivity (Wildman–Crippen MR) is 113 cm³/mol. The van der Waals surface area contributed by atoms with E-state index in [1.165, 1.54) is 4.90 Å². The van der Waals surface area contributed by atoms with Crippen LogP contribution in [0.15, 0.2) is 48.5 Å². The number of carbonyl (C=O) groups excluding carboxylic acids is 2. The molecule has 0 spiro atoms. The van der Waals surface area contributed by atoms with Gasteiger partial charge in [0.1, 0.15) is 17.5 Å². The summed E-state index contributed by atoms with van der Waals surface area (Å²) in [6.45, 7) is 4.24. The molecule has 2 rings (SSSR count). The Hall–Kier alpha value is -2.73. The average Bonchev–Trinajstić information content (AvgIpc) is 2.73. The molecule has 0 bridgehead atoms. The quantitative estimate of drug-likeness (QED) is 0.639. The molecular weight excluding hydrogens is 392 g/mol. The van der Waals surface area contributed by atoms with Crippen molar-refractivity contribution < 1.29 is 19.1 Å². The van der Waals surface area contributed by atoms with Gasteiger partial charge >= 0.3 is 0 Å². The largest absolute Gasteiger partial charge is 0.497 e. The van der Waals surface area contributed by atoms with Crippen LogP contribution in [0.2, 0.25) is 5.02 Å². The van der Waals surface area contributed by atoms with Crippen molar-refractivity contribution in [1.82, 2.24) is 10.2 Å². The highest BCUT2D eigenvalue weighted by Gasteiger charge is 2.29. The molecule has 0 aliphatic rings.